The van der Waals surface area contributed by atoms with Gasteiger partial charge in [-0.15, -0.1) is 0 Å². The van der Waals surface area contributed by atoms with Crippen LogP contribution in [0, 0.1) is 6.04 Å². The first-order valence-corrected chi connectivity index (χ1v) is 3.21. The highest BCUT2D eigenvalue weighted by molar-refractivity contribution is 5.27. The third kappa shape index (κ3) is 0.956. The Morgan fingerprint density at radius 1 is 1.22 bits per heavy atom. The van der Waals surface area contributed by atoms with Crippen molar-refractivity contribution in [1.82, 2.24) is 16.0 Å². The SMILES string of the molecule is CN[C]1CC1(NC)NC. The molecule has 0 aromatic heterocycles. The molecule has 9 heavy (non-hydrogen) atoms. The molecule has 3 N–H and O–H groups in total. The molecule has 0 aliphatic heterocycles. The van der Waals surface area contributed by atoms with Crippen LogP contribution >= 0.6 is 0 Å². The van der Waals surface area contributed by atoms with Gasteiger partial charge in [-0.05, 0) is 21.1 Å². The molecule has 53 valence electrons. The fraction of sp³-hybridized carbons (Fsp3) is 0.833. The molecule has 0 aromatic carbocycles. The smallest absolute Gasteiger partial charge is 0.0910 e. The molecular weight excluding hydrogens is 114 g/mol. The average molecular weight is 128 g/mol. The molecule has 1 saturated carbocycles. The van der Waals surface area contributed by atoms with Crippen LogP contribution in [0.25, 0.3) is 0 Å². The van der Waals surface area contributed by atoms with Gasteiger partial charge in [0, 0.05) is 6.42 Å². The molecule has 0 aromatic rings. The minimum absolute atomic E-state index is 0.106. The van der Waals surface area contributed by atoms with Crippen molar-refractivity contribution in [2.75, 3.05) is 21.1 Å². The van der Waals surface area contributed by atoms with Gasteiger partial charge in [-0.2, -0.15) is 0 Å². The van der Waals surface area contributed by atoms with E-state index in [9.17, 15) is 0 Å². The highest BCUT2D eigenvalue weighted by Gasteiger charge is 2.52. The molecule has 0 atom stereocenters. The van der Waals surface area contributed by atoms with Crippen molar-refractivity contribution >= 4 is 0 Å². The minimum atomic E-state index is 0.106. The summed E-state index contributed by atoms with van der Waals surface area (Å²) in [5.41, 5.74) is 0.106. The van der Waals surface area contributed by atoms with Gasteiger partial charge in [0.25, 0.3) is 0 Å². The monoisotopic (exact) mass is 128 g/mol. The Kier molecular flexibility index (Phi) is 1.75. The second-order valence-corrected chi connectivity index (χ2v) is 2.31. The van der Waals surface area contributed by atoms with Crippen molar-refractivity contribution in [2.24, 2.45) is 0 Å². The summed E-state index contributed by atoms with van der Waals surface area (Å²) in [6.07, 6.45) is 1.09. The topological polar surface area (TPSA) is 36.1 Å². The van der Waals surface area contributed by atoms with Gasteiger partial charge < -0.3 is 16.0 Å². The highest BCUT2D eigenvalue weighted by atomic mass is 15.3. The molecule has 0 amide bonds. The standard InChI is InChI=1S/C6H14N3/c1-7-5-4-6(5,8-2)9-3/h7-9H,4H2,1-3H3. The van der Waals surface area contributed by atoms with E-state index in [2.05, 4.69) is 16.0 Å². The van der Waals surface area contributed by atoms with Crippen molar-refractivity contribution in [3.05, 3.63) is 6.04 Å². The maximum Gasteiger partial charge on any atom is 0.0910 e. The summed E-state index contributed by atoms with van der Waals surface area (Å²) in [7, 11) is 5.87. The van der Waals surface area contributed by atoms with Gasteiger partial charge in [0.2, 0.25) is 0 Å². The summed E-state index contributed by atoms with van der Waals surface area (Å²) in [6.45, 7) is 0. The van der Waals surface area contributed by atoms with E-state index in [1.54, 1.807) is 0 Å². The molecule has 1 rings (SSSR count). The van der Waals surface area contributed by atoms with Crippen molar-refractivity contribution in [2.45, 2.75) is 12.1 Å². The van der Waals surface area contributed by atoms with E-state index in [0.29, 0.717) is 0 Å². The normalized spacial score (nSPS) is 24.3. The van der Waals surface area contributed by atoms with Crippen molar-refractivity contribution in [3.8, 4) is 0 Å². The Balaban J connectivity index is 2.37. The fourth-order valence-electron chi connectivity index (χ4n) is 1.13. The predicted molar refractivity (Wildman–Crippen MR) is 37.8 cm³/mol. The quantitative estimate of drug-likeness (QED) is 0.439. The molecule has 1 aliphatic carbocycles. The van der Waals surface area contributed by atoms with E-state index in [1.165, 1.54) is 6.04 Å². The average Bonchev–Trinajstić information content (AvgIpc) is 2.63. The summed E-state index contributed by atoms with van der Waals surface area (Å²) >= 11 is 0. The van der Waals surface area contributed by atoms with Gasteiger partial charge in [-0.25, -0.2) is 0 Å². The summed E-state index contributed by atoms with van der Waals surface area (Å²) in [5, 5.41) is 9.51. The lowest BCUT2D eigenvalue weighted by Gasteiger charge is -2.13. The van der Waals surface area contributed by atoms with Crippen LogP contribution in [0.4, 0.5) is 0 Å². The zero-order chi connectivity index (χ0) is 6.91. The van der Waals surface area contributed by atoms with E-state index >= 15 is 0 Å². The molecule has 0 spiro atoms. The van der Waals surface area contributed by atoms with Gasteiger partial charge in [0.1, 0.15) is 0 Å². The summed E-state index contributed by atoms with van der Waals surface area (Å²) < 4.78 is 0. The third-order valence-electron chi connectivity index (χ3n) is 1.99. The Labute approximate surface area is 56.2 Å². The van der Waals surface area contributed by atoms with E-state index in [-0.39, 0.29) is 5.66 Å². The molecule has 0 saturated heterocycles. The summed E-state index contributed by atoms with van der Waals surface area (Å²) in [6, 6.07) is 1.34. The van der Waals surface area contributed by atoms with Crippen LogP contribution in [0.2, 0.25) is 0 Å². The maximum atomic E-state index is 3.19. The van der Waals surface area contributed by atoms with Crippen LogP contribution in [0.5, 0.6) is 0 Å². The van der Waals surface area contributed by atoms with E-state index in [4.69, 9.17) is 0 Å². The Bertz CT molecular complexity index is 98.5. The Morgan fingerprint density at radius 3 is 1.89 bits per heavy atom. The molecule has 0 heterocycles. The van der Waals surface area contributed by atoms with Gasteiger partial charge in [-0.1, -0.05) is 0 Å². The zero-order valence-electron chi connectivity index (χ0n) is 6.21. The molecule has 3 heteroatoms. The number of rotatable bonds is 3. The Morgan fingerprint density at radius 2 is 1.78 bits per heavy atom. The van der Waals surface area contributed by atoms with E-state index in [1.807, 2.05) is 21.1 Å². The minimum Gasteiger partial charge on any atom is -0.310 e. The lowest BCUT2D eigenvalue weighted by atomic mass is 10.5. The number of hydrogen-bond donors (Lipinski definition) is 3. The third-order valence-corrected chi connectivity index (χ3v) is 1.99. The largest absolute Gasteiger partial charge is 0.310 e. The van der Waals surface area contributed by atoms with Crippen LogP contribution in [0.1, 0.15) is 6.42 Å². The number of likely N-dealkylation sites (N-methyl/N-ethyl adjacent to an activating group) is 3. The second kappa shape index (κ2) is 2.25. The van der Waals surface area contributed by atoms with Crippen LogP contribution in [-0.2, 0) is 0 Å². The molecule has 0 bridgehead atoms. The van der Waals surface area contributed by atoms with Gasteiger partial charge in [0.05, 0.1) is 11.7 Å². The molecule has 3 nitrogen and oxygen atoms in total. The zero-order valence-corrected chi connectivity index (χ0v) is 6.21. The number of nitrogens with one attached hydrogen (secondary N) is 3. The summed E-state index contributed by atoms with van der Waals surface area (Å²) in [5.74, 6) is 0. The highest BCUT2D eigenvalue weighted by Crippen LogP contribution is 2.39. The molecular formula is C6H14N3. The fourth-order valence-corrected chi connectivity index (χ4v) is 1.13. The summed E-state index contributed by atoms with van der Waals surface area (Å²) in [4.78, 5) is 0. The molecule has 1 aliphatic rings. The molecule has 1 radical (unpaired) electrons. The lowest BCUT2D eigenvalue weighted by molar-refractivity contribution is 0.476. The maximum absolute atomic E-state index is 3.19. The Hall–Kier alpha value is -0.120. The van der Waals surface area contributed by atoms with Gasteiger partial charge in [0.15, 0.2) is 0 Å². The van der Waals surface area contributed by atoms with Crippen molar-refractivity contribution < 1.29 is 0 Å². The van der Waals surface area contributed by atoms with E-state index in [0.717, 1.165) is 6.42 Å². The van der Waals surface area contributed by atoms with Crippen molar-refractivity contribution in [3.63, 3.8) is 0 Å². The first kappa shape index (κ1) is 6.99. The van der Waals surface area contributed by atoms with Gasteiger partial charge >= 0.3 is 0 Å². The predicted octanol–water partition coefficient (Wildman–Crippen LogP) is -0.723. The molecule has 0 unspecified atom stereocenters. The van der Waals surface area contributed by atoms with Crippen LogP contribution in [-0.4, -0.2) is 26.8 Å². The number of hydrogen-bond acceptors (Lipinski definition) is 3. The first-order chi connectivity index (χ1) is 4.29. The van der Waals surface area contributed by atoms with Crippen LogP contribution in [0.3, 0.4) is 0 Å². The van der Waals surface area contributed by atoms with Crippen LogP contribution in [0.15, 0.2) is 0 Å². The van der Waals surface area contributed by atoms with Crippen LogP contribution < -0.4 is 16.0 Å². The van der Waals surface area contributed by atoms with E-state index < -0.39 is 0 Å². The molecule has 1 fully saturated rings. The van der Waals surface area contributed by atoms with Crippen molar-refractivity contribution in [1.29, 1.82) is 0 Å². The second-order valence-electron chi connectivity index (χ2n) is 2.31. The lowest BCUT2D eigenvalue weighted by Crippen LogP contribution is -2.43. The first-order valence-electron chi connectivity index (χ1n) is 3.21. The van der Waals surface area contributed by atoms with Gasteiger partial charge in [-0.3, -0.25) is 0 Å².